The van der Waals surface area contributed by atoms with Gasteiger partial charge in [0.15, 0.2) is 0 Å². The first-order chi connectivity index (χ1) is 7.51. The number of halogens is 1. The largest absolute Gasteiger partial charge is 0.354 e. The van der Waals surface area contributed by atoms with Crippen molar-refractivity contribution in [2.24, 2.45) is 0 Å². The van der Waals surface area contributed by atoms with Crippen LogP contribution in [0.1, 0.15) is 37.6 Å². The molecule has 0 N–H and O–H groups in total. The third kappa shape index (κ3) is 2.67. The topological polar surface area (TPSA) is 16.1 Å². The Morgan fingerprint density at radius 3 is 2.44 bits per heavy atom. The van der Waals surface area contributed by atoms with Gasteiger partial charge < -0.3 is 4.90 Å². The Bertz CT molecular complexity index is 361. The number of hydrogen-bond acceptors (Lipinski definition) is 2. The fourth-order valence-electron chi connectivity index (χ4n) is 2.01. The minimum absolute atomic E-state index is 0.445. The van der Waals surface area contributed by atoms with E-state index in [4.69, 9.17) is 11.6 Å². The van der Waals surface area contributed by atoms with Crippen molar-refractivity contribution in [3.63, 3.8) is 0 Å². The molecule has 2 nitrogen and oxygen atoms in total. The molecule has 0 aliphatic heterocycles. The molecule has 0 saturated heterocycles. The number of alkyl halides is 1. The van der Waals surface area contributed by atoms with Crippen LogP contribution in [0.4, 0.5) is 5.82 Å². The lowest BCUT2D eigenvalue weighted by Crippen LogP contribution is -2.32. The lowest BCUT2D eigenvalue weighted by molar-refractivity contribution is 0.688. The Morgan fingerprint density at radius 1 is 1.38 bits per heavy atom. The van der Waals surface area contributed by atoms with E-state index in [0.29, 0.717) is 11.9 Å². The monoisotopic (exact) mass is 240 g/mol. The lowest BCUT2D eigenvalue weighted by atomic mass is 10.1. The number of anilines is 1. The molecule has 3 heteroatoms. The second-order valence-electron chi connectivity index (χ2n) is 4.40. The van der Waals surface area contributed by atoms with Gasteiger partial charge in [-0.25, -0.2) is 4.98 Å². The minimum atomic E-state index is 0.445. The van der Waals surface area contributed by atoms with Crippen LogP contribution in [0.2, 0.25) is 0 Å². The third-order valence-electron chi connectivity index (χ3n) is 2.82. The molecule has 0 atom stereocenters. The van der Waals surface area contributed by atoms with Gasteiger partial charge in [0, 0.05) is 23.8 Å². The van der Waals surface area contributed by atoms with Gasteiger partial charge >= 0.3 is 0 Å². The summed E-state index contributed by atoms with van der Waals surface area (Å²) in [5, 5.41) is 0. The van der Waals surface area contributed by atoms with E-state index >= 15 is 0 Å². The van der Waals surface area contributed by atoms with E-state index in [2.05, 4.69) is 43.6 Å². The molecule has 0 aromatic carbocycles. The van der Waals surface area contributed by atoms with Gasteiger partial charge in [0.1, 0.15) is 5.82 Å². The first-order valence-corrected chi connectivity index (χ1v) is 6.34. The summed E-state index contributed by atoms with van der Waals surface area (Å²) in [7, 11) is 0. The molecule has 0 amide bonds. The van der Waals surface area contributed by atoms with Gasteiger partial charge in [-0.15, -0.1) is 11.6 Å². The smallest absolute Gasteiger partial charge is 0.133 e. The number of pyridine rings is 1. The van der Waals surface area contributed by atoms with Crippen molar-refractivity contribution in [1.29, 1.82) is 0 Å². The zero-order valence-corrected chi connectivity index (χ0v) is 11.6. The summed E-state index contributed by atoms with van der Waals surface area (Å²) < 4.78 is 0. The second kappa shape index (κ2) is 5.53. The fraction of sp³-hybridized carbons (Fsp3) is 0.615. The Morgan fingerprint density at radius 2 is 2.00 bits per heavy atom. The number of hydrogen-bond donors (Lipinski definition) is 0. The summed E-state index contributed by atoms with van der Waals surface area (Å²) in [4.78, 5) is 6.93. The zero-order chi connectivity index (χ0) is 12.3. The van der Waals surface area contributed by atoms with Gasteiger partial charge in [-0.05, 0) is 46.2 Å². The SMILES string of the molecule is CCN(c1nc(C)cc(C)c1CCl)C(C)C. The van der Waals surface area contributed by atoms with E-state index < -0.39 is 0 Å². The van der Waals surface area contributed by atoms with Crippen LogP contribution >= 0.6 is 11.6 Å². The Balaban J connectivity index is 3.29. The first kappa shape index (κ1) is 13.3. The summed E-state index contributed by atoms with van der Waals surface area (Å²) in [5.41, 5.74) is 3.44. The Kier molecular flexibility index (Phi) is 4.60. The van der Waals surface area contributed by atoms with Crippen LogP contribution in [0.25, 0.3) is 0 Å². The van der Waals surface area contributed by atoms with E-state index in [1.54, 1.807) is 0 Å². The van der Waals surface area contributed by atoms with Crippen LogP contribution in [0.5, 0.6) is 0 Å². The standard InChI is InChI=1S/C13H21ClN2/c1-6-16(9(2)3)13-12(8-14)10(4)7-11(5)15-13/h7,9H,6,8H2,1-5H3. The van der Waals surface area contributed by atoms with Crippen molar-refractivity contribution in [3.8, 4) is 0 Å². The molecule has 0 fully saturated rings. The highest BCUT2D eigenvalue weighted by molar-refractivity contribution is 6.17. The van der Waals surface area contributed by atoms with Gasteiger partial charge in [-0.2, -0.15) is 0 Å². The van der Waals surface area contributed by atoms with Crippen LogP contribution in [0, 0.1) is 13.8 Å². The van der Waals surface area contributed by atoms with E-state index in [0.717, 1.165) is 23.6 Å². The fourth-order valence-corrected chi connectivity index (χ4v) is 2.34. The maximum absolute atomic E-state index is 6.03. The maximum Gasteiger partial charge on any atom is 0.133 e. The van der Waals surface area contributed by atoms with Crippen LogP contribution in [-0.4, -0.2) is 17.6 Å². The van der Waals surface area contributed by atoms with Crippen molar-refractivity contribution in [1.82, 2.24) is 4.98 Å². The van der Waals surface area contributed by atoms with Crippen LogP contribution in [0.3, 0.4) is 0 Å². The van der Waals surface area contributed by atoms with E-state index in [-0.39, 0.29) is 0 Å². The number of rotatable bonds is 4. The number of aromatic nitrogens is 1. The van der Waals surface area contributed by atoms with Crippen LogP contribution in [0.15, 0.2) is 6.07 Å². The van der Waals surface area contributed by atoms with E-state index in [1.165, 1.54) is 5.56 Å². The van der Waals surface area contributed by atoms with Gasteiger partial charge in [-0.3, -0.25) is 0 Å². The molecule has 90 valence electrons. The predicted octanol–water partition coefficient (Wildman–Crippen LogP) is 3.67. The summed E-state index contributed by atoms with van der Waals surface area (Å²) in [6.45, 7) is 11.6. The van der Waals surface area contributed by atoms with Crippen molar-refractivity contribution in [2.75, 3.05) is 11.4 Å². The van der Waals surface area contributed by atoms with Gasteiger partial charge in [0.2, 0.25) is 0 Å². The zero-order valence-electron chi connectivity index (χ0n) is 10.8. The molecule has 1 aromatic heterocycles. The molecule has 16 heavy (non-hydrogen) atoms. The van der Waals surface area contributed by atoms with Crippen molar-refractivity contribution >= 4 is 17.4 Å². The number of aryl methyl sites for hydroxylation is 2. The summed E-state index contributed by atoms with van der Waals surface area (Å²) in [6, 6.07) is 2.54. The minimum Gasteiger partial charge on any atom is -0.354 e. The van der Waals surface area contributed by atoms with Crippen molar-refractivity contribution in [2.45, 2.75) is 46.5 Å². The van der Waals surface area contributed by atoms with Crippen LogP contribution < -0.4 is 4.90 Å². The molecular weight excluding hydrogens is 220 g/mol. The molecule has 0 unspecified atom stereocenters. The van der Waals surface area contributed by atoms with Crippen molar-refractivity contribution in [3.05, 3.63) is 22.9 Å². The molecule has 0 aliphatic carbocycles. The average Bonchev–Trinajstić information content (AvgIpc) is 2.17. The van der Waals surface area contributed by atoms with E-state index in [9.17, 15) is 0 Å². The maximum atomic E-state index is 6.03. The van der Waals surface area contributed by atoms with Crippen molar-refractivity contribution < 1.29 is 0 Å². The summed E-state index contributed by atoms with van der Waals surface area (Å²) >= 11 is 6.03. The molecule has 0 bridgehead atoms. The molecule has 1 heterocycles. The molecule has 1 rings (SSSR count). The lowest BCUT2D eigenvalue weighted by Gasteiger charge is -2.29. The molecule has 0 radical (unpaired) electrons. The average molecular weight is 241 g/mol. The summed E-state index contributed by atoms with van der Waals surface area (Å²) in [6.07, 6.45) is 0. The second-order valence-corrected chi connectivity index (χ2v) is 4.66. The highest BCUT2D eigenvalue weighted by Crippen LogP contribution is 2.25. The third-order valence-corrected chi connectivity index (χ3v) is 3.09. The molecule has 0 saturated carbocycles. The first-order valence-electron chi connectivity index (χ1n) is 5.81. The Labute approximate surface area is 104 Å². The van der Waals surface area contributed by atoms with Gasteiger partial charge in [0.25, 0.3) is 0 Å². The highest BCUT2D eigenvalue weighted by Gasteiger charge is 2.16. The molecule has 1 aromatic rings. The Hall–Kier alpha value is -0.760. The molecular formula is C13H21ClN2. The van der Waals surface area contributed by atoms with Gasteiger partial charge in [-0.1, -0.05) is 0 Å². The number of nitrogens with zero attached hydrogens (tertiary/aromatic N) is 2. The quantitative estimate of drug-likeness (QED) is 0.747. The predicted molar refractivity (Wildman–Crippen MR) is 71.4 cm³/mol. The normalized spacial score (nSPS) is 10.9. The molecule has 0 aliphatic rings. The highest BCUT2D eigenvalue weighted by atomic mass is 35.5. The summed E-state index contributed by atoms with van der Waals surface area (Å²) in [5.74, 6) is 1.57. The van der Waals surface area contributed by atoms with Crippen LogP contribution in [-0.2, 0) is 5.88 Å². The molecule has 0 spiro atoms. The van der Waals surface area contributed by atoms with Gasteiger partial charge in [0.05, 0.1) is 5.88 Å². The van der Waals surface area contributed by atoms with E-state index in [1.807, 2.05) is 6.92 Å².